The lowest BCUT2D eigenvalue weighted by Gasteiger charge is -2.29. The van der Waals surface area contributed by atoms with Crippen molar-refractivity contribution in [1.29, 1.82) is 0 Å². The molecule has 0 spiro atoms. The summed E-state index contributed by atoms with van der Waals surface area (Å²) in [5.41, 5.74) is -5.02. The fraction of sp³-hybridized carbons (Fsp3) is 0.312. The van der Waals surface area contributed by atoms with Crippen LogP contribution in [0, 0.1) is 10.1 Å². The molecule has 0 saturated heterocycles. The number of benzene rings is 1. The number of halogens is 5. The van der Waals surface area contributed by atoms with Gasteiger partial charge in [0.05, 0.1) is 9.95 Å². The van der Waals surface area contributed by atoms with Crippen molar-refractivity contribution >= 4 is 28.9 Å². The summed E-state index contributed by atoms with van der Waals surface area (Å²) < 4.78 is 58.6. The second-order valence-corrected chi connectivity index (χ2v) is 6.66. The zero-order chi connectivity index (χ0) is 22.9. The van der Waals surface area contributed by atoms with E-state index in [1.165, 1.54) is 12.3 Å². The Labute approximate surface area is 175 Å². The number of hydrazone groups is 1. The number of nitrogens with zero attached hydrogens (tertiary/aromatic N) is 5. The molecule has 0 saturated carbocycles. The molecule has 0 radical (unpaired) electrons. The molecule has 166 valence electrons. The normalized spacial score (nSPS) is 18.6. The average molecular weight is 466 g/mol. The molecular formula is C16H12ClF4N5O5. The minimum atomic E-state index is -3.56. The van der Waals surface area contributed by atoms with Crippen LogP contribution >= 0.6 is 11.6 Å². The summed E-state index contributed by atoms with van der Waals surface area (Å²) in [6.45, 7) is -0.338. The minimum Gasteiger partial charge on any atom is -0.470 e. The van der Waals surface area contributed by atoms with Gasteiger partial charge in [-0.15, -0.1) is 0 Å². The molecule has 0 aliphatic carbocycles. The summed E-state index contributed by atoms with van der Waals surface area (Å²) in [4.78, 5) is 22.5. The standard InChI is InChI=1S/C16H12ClF4N5O5/c17-9-5-8(26(29)30)1-2-12(9)31-7-24-4-3-10(22-24)14(27)25-16(28,15(20)21)6-11(23-25)13(18)19/h1-5,13,15,28H,6-7H2/t16-/m1/s1. The quantitative estimate of drug-likeness (QED) is 0.381. The maximum absolute atomic E-state index is 13.3. The van der Waals surface area contributed by atoms with E-state index < -0.39 is 47.2 Å². The molecule has 10 nitrogen and oxygen atoms in total. The second-order valence-electron chi connectivity index (χ2n) is 6.25. The predicted octanol–water partition coefficient (Wildman–Crippen LogP) is 2.90. The summed E-state index contributed by atoms with van der Waals surface area (Å²) in [6, 6.07) is 4.52. The van der Waals surface area contributed by atoms with E-state index in [-0.39, 0.29) is 28.2 Å². The van der Waals surface area contributed by atoms with E-state index in [1.54, 1.807) is 0 Å². The number of alkyl halides is 4. The van der Waals surface area contributed by atoms with Crippen molar-refractivity contribution in [1.82, 2.24) is 14.8 Å². The SMILES string of the molecule is O=C(c1ccn(COc2ccc([N+](=O)[O-])cc2Cl)n1)N1N=C(C(F)F)C[C@@]1(O)C(F)F. The molecular weight excluding hydrogens is 454 g/mol. The van der Waals surface area contributed by atoms with Crippen LogP contribution in [-0.2, 0) is 6.73 Å². The summed E-state index contributed by atoms with van der Waals surface area (Å²) in [5, 5.41) is 27.5. The third-order valence-corrected chi connectivity index (χ3v) is 4.46. The number of aromatic nitrogens is 2. The lowest BCUT2D eigenvalue weighted by Crippen LogP contribution is -2.51. The molecule has 1 amide bonds. The van der Waals surface area contributed by atoms with Crippen molar-refractivity contribution in [2.24, 2.45) is 5.10 Å². The number of non-ortho nitro benzene ring substituents is 1. The summed E-state index contributed by atoms with van der Waals surface area (Å²) in [5.74, 6) is -1.26. The molecule has 31 heavy (non-hydrogen) atoms. The first-order valence-electron chi connectivity index (χ1n) is 8.33. The Morgan fingerprint density at radius 1 is 1.35 bits per heavy atom. The van der Waals surface area contributed by atoms with Crippen LogP contribution in [0.1, 0.15) is 16.9 Å². The van der Waals surface area contributed by atoms with E-state index >= 15 is 0 Å². The van der Waals surface area contributed by atoms with Crippen LogP contribution in [0.4, 0.5) is 23.2 Å². The highest BCUT2D eigenvalue weighted by molar-refractivity contribution is 6.32. The van der Waals surface area contributed by atoms with Gasteiger partial charge in [-0.25, -0.2) is 22.2 Å². The van der Waals surface area contributed by atoms with E-state index in [2.05, 4.69) is 10.2 Å². The monoisotopic (exact) mass is 465 g/mol. The number of amides is 1. The number of rotatable bonds is 7. The Kier molecular flexibility index (Phi) is 6.13. The largest absolute Gasteiger partial charge is 0.470 e. The van der Waals surface area contributed by atoms with Gasteiger partial charge in [0.1, 0.15) is 11.5 Å². The van der Waals surface area contributed by atoms with Crippen LogP contribution in [0.25, 0.3) is 0 Å². The molecule has 1 aliphatic heterocycles. The lowest BCUT2D eigenvalue weighted by atomic mass is 10.1. The number of ether oxygens (including phenoxy) is 1. The average Bonchev–Trinajstić information content (AvgIpc) is 3.32. The van der Waals surface area contributed by atoms with Crippen LogP contribution in [-0.4, -0.2) is 55.0 Å². The molecule has 1 aromatic carbocycles. The van der Waals surface area contributed by atoms with Gasteiger partial charge >= 0.3 is 0 Å². The summed E-state index contributed by atoms with van der Waals surface area (Å²) in [7, 11) is 0. The van der Waals surface area contributed by atoms with Crippen LogP contribution in [0.15, 0.2) is 35.6 Å². The first-order valence-corrected chi connectivity index (χ1v) is 8.71. The van der Waals surface area contributed by atoms with Gasteiger partial charge in [0.15, 0.2) is 12.4 Å². The van der Waals surface area contributed by atoms with Gasteiger partial charge in [0, 0.05) is 24.8 Å². The van der Waals surface area contributed by atoms with Crippen LogP contribution < -0.4 is 4.74 Å². The van der Waals surface area contributed by atoms with Crippen molar-refractivity contribution in [2.75, 3.05) is 0 Å². The molecule has 15 heteroatoms. The van der Waals surface area contributed by atoms with Crippen LogP contribution in [0.5, 0.6) is 5.75 Å². The van der Waals surface area contributed by atoms with Gasteiger partial charge in [-0.1, -0.05) is 11.6 Å². The molecule has 0 bridgehead atoms. The first-order chi connectivity index (χ1) is 14.5. The molecule has 3 rings (SSSR count). The number of nitro groups is 1. The second kappa shape index (κ2) is 8.47. The highest BCUT2D eigenvalue weighted by atomic mass is 35.5. The van der Waals surface area contributed by atoms with E-state index in [9.17, 15) is 37.6 Å². The van der Waals surface area contributed by atoms with E-state index in [0.29, 0.717) is 0 Å². The lowest BCUT2D eigenvalue weighted by molar-refractivity contribution is -0.384. The third-order valence-electron chi connectivity index (χ3n) is 4.17. The van der Waals surface area contributed by atoms with Crippen molar-refractivity contribution in [3.8, 4) is 5.75 Å². The van der Waals surface area contributed by atoms with E-state index in [1.807, 2.05) is 0 Å². The number of carbonyl (C=O) groups is 1. The Balaban J connectivity index is 1.74. The maximum atomic E-state index is 13.3. The third kappa shape index (κ3) is 4.44. The summed E-state index contributed by atoms with van der Waals surface area (Å²) >= 11 is 5.89. The number of aliphatic hydroxyl groups is 1. The molecule has 2 aromatic rings. The van der Waals surface area contributed by atoms with Crippen molar-refractivity contribution < 1.29 is 37.1 Å². The van der Waals surface area contributed by atoms with E-state index in [0.717, 1.165) is 22.9 Å². The molecule has 0 unspecified atom stereocenters. The van der Waals surface area contributed by atoms with Gasteiger partial charge in [-0.3, -0.25) is 14.9 Å². The Bertz CT molecular complexity index is 1050. The minimum absolute atomic E-state index is 0.0634. The molecule has 1 aliphatic rings. The molecule has 1 aromatic heterocycles. The van der Waals surface area contributed by atoms with Gasteiger partial charge in [0.2, 0.25) is 5.72 Å². The topological polar surface area (TPSA) is 123 Å². The number of hydrogen-bond acceptors (Lipinski definition) is 7. The van der Waals surface area contributed by atoms with Crippen LogP contribution in [0.2, 0.25) is 5.02 Å². The van der Waals surface area contributed by atoms with Crippen molar-refractivity contribution in [3.05, 3.63) is 51.3 Å². The fourth-order valence-electron chi connectivity index (χ4n) is 2.62. The fourth-order valence-corrected chi connectivity index (χ4v) is 2.85. The van der Waals surface area contributed by atoms with Gasteiger partial charge in [-0.2, -0.15) is 15.2 Å². The number of nitro benzene ring substituents is 1. The smallest absolute Gasteiger partial charge is 0.297 e. The van der Waals surface area contributed by atoms with Crippen molar-refractivity contribution in [2.45, 2.75) is 31.7 Å². The van der Waals surface area contributed by atoms with Crippen LogP contribution in [0.3, 0.4) is 0 Å². The predicted molar refractivity (Wildman–Crippen MR) is 96.1 cm³/mol. The van der Waals surface area contributed by atoms with Gasteiger partial charge in [0.25, 0.3) is 24.4 Å². The van der Waals surface area contributed by atoms with Gasteiger partial charge < -0.3 is 9.84 Å². The zero-order valence-electron chi connectivity index (χ0n) is 15.2. The highest BCUT2D eigenvalue weighted by Gasteiger charge is 2.53. The highest BCUT2D eigenvalue weighted by Crippen LogP contribution is 2.34. The molecule has 1 N–H and O–H groups in total. The number of hydrogen-bond donors (Lipinski definition) is 1. The van der Waals surface area contributed by atoms with Gasteiger partial charge in [-0.05, 0) is 12.1 Å². The number of carbonyl (C=O) groups excluding carboxylic acids is 1. The zero-order valence-corrected chi connectivity index (χ0v) is 15.9. The first kappa shape index (κ1) is 22.4. The Morgan fingerprint density at radius 3 is 2.65 bits per heavy atom. The maximum Gasteiger partial charge on any atom is 0.297 e. The summed E-state index contributed by atoms with van der Waals surface area (Å²) in [6.07, 6.45) is -6.80. The Morgan fingerprint density at radius 2 is 2.06 bits per heavy atom. The molecule has 0 fully saturated rings. The Hall–Kier alpha value is -3.26. The van der Waals surface area contributed by atoms with E-state index in [4.69, 9.17) is 16.3 Å². The molecule has 1 atom stereocenters. The van der Waals surface area contributed by atoms with Crippen molar-refractivity contribution in [3.63, 3.8) is 0 Å². The molecule has 2 heterocycles.